The van der Waals surface area contributed by atoms with E-state index in [9.17, 15) is 0 Å². The van der Waals surface area contributed by atoms with Gasteiger partial charge >= 0.3 is 0 Å². The van der Waals surface area contributed by atoms with Gasteiger partial charge in [-0.3, -0.25) is 0 Å². The molecule has 1 N–H and O–H groups in total. The van der Waals surface area contributed by atoms with Crippen LogP contribution in [0.1, 0.15) is 0 Å². The Kier molecular flexibility index (Phi) is 3.68. The second-order valence-corrected chi connectivity index (χ2v) is 5.60. The Balaban J connectivity index is 1.91. The minimum absolute atomic E-state index is 0.867. The highest BCUT2D eigenvalue weighted by Crippen LogP contribution is 2.20. The number of rotatable bonds is 3. The van der Waals surface area contributed by atoms with Crippen LogP contribution >= 0.6 is 22.6 Å². The molecule has 0 saturated carbocycles. The van der Waals surface area contributed by atoms with Crippen LogP contribution in [0.5, 0.6) is 0 Å². The molecule has 0 unspecified atom stereocenters. The molecule has 0 aliphatic heterocycles. The number of anilines is 1. The zero-order valence-corrected chi connectivity index (χ0v) is 13.1. The molecule has 0 aliphatic carbocycles. The third kappa shape index (κ3) is 2.67. The van der Waals surface area contributed by atoms with Crippen LogP contribution in [0, 0.1) is 3.57 Å². The van der Waals surface area contributed by atoms with Gasteiger partial charge < -0.3 is 5.32 Å². The first-order chi connectivity index (χ1) is 9.76. The van der Waals surface area contributed by atoms with Gasteiger partial charge in [-0.1, -0.05) is 17.3 Å². The summed E-state index contributed by atoms with van der Waals surface area (Å²) >= 11 is 2.29. The van der Waals surface area contributed by atoms with Crippen molar-refractivity contribution in [2.45, 2.75) is 0 Å². The zero-order chi connectivity index (χ0) is 13.9. The van der Waals surface area contributed by atoms with E-state index in [0.29, 0.717) is 0 Å². The Hall–Kier alpha value is -1.89. The molecule has 5 heteroatoms. The average molecular weight is 376 g/mol. The quantitative estimate of drug-likeness (QED) is 0.711. The third-order valence-corrected chi connectivity index (χ3v) is 3.77. The van der Waals surface area contributed by atoms with Crippen LogP contribution in [0.2, 0.25) is 0 Å². The molecule has 0 fully saturated rings. The van der Waals surface area contributed by atoms with E-state index in [-0.39, 0.29) is 0 Å². The Labute approximate surface area is 131 Å². The molecule has 0 atom stereocenters. The largest absolute Gasteiger partial charge is 0.388 e. The molecule has 2 aromatic carbocycles. The van der Waals surface area contributed by atoms with E-state index in [4.69, 9.17) is 0 Å². The minimum Gasteiger partial charge on any atom is -0.388 e. The predicted molar refractivity (Wildman–Crippen MR) is 89.1 cm³/mol. The molecule has 0 spiro atoms. The first-order valence-electron chi connectivity index (χ1n) is 6.23. The number of aromatic nitrogens is 3. The van der Waals surface area contributed by atoms with E-state index in [0.717, 1.165) is 22.6 Å². The molecule has 1 aromatic heterocycles. The van der Waals surface area contributed by atoms with E-state index in [1.54, 1.807) is 4.68 Å². The smallest absolute Gasteiger partial charge is 0.113 e. The fraction of sp³-hybridized carbons (Fsp3) is 0.0667. The molecule has 20 heavy (non-hydrogen) atoms. The van der Waals surface area contributed by atoms with Crippen LogP contribution < -0.4 is 5.32 Å². The maximum atomic E-state index is 4.23. The highest BCUT2D eigenvalue weighted by Gasteiger charge is 2.05. The number of nitrogens with zero attached hydrogens (tertiary/aromatic N) is 3. The summed E-state index contributed by atoms with van der Waals surface area (Å²) in [4.78, 5) is 0. The molecule has 0 amide bonds. The fourth-order valence-electron chi connectivity index (χ4n) is 1.92. The fourth-order valence-corrected chi connectivity index (χ4v) is 2.28. The molecular formula is C15H13IN4. The Morgan fingerprint density at radius 3 is 2.35 bits per heavy atom. The molecule has 0 saturated heterocycles. The topological polar surface area (TPSA) is 42.7 Å². The summed E-state index contributed by atoms with van der Waals surface area (Å²) in [5.41, 5.74) is 4.02. The summed E-state index contributed by atoms with van der Waals surface area (Å²) in [6.07, 6.45) is 1.94. The lowest BCUT2D eigenvalue weighted by molar-refractivity contribution is 0.803. The van der Waals surface area contributed by atoms with Gasteiger partial charge in [0, 0.05) is 21.9 Å². The monoisotopic (exact) mass is 376 g/mol. The van der Waals surface area contributed by atoms with Crippen LogP contribution in [0.25, 0.3) is 16.9 Å². The predicted octanol–water partition coefficient (Wildman–Crippen LogP) is 3.58. The number of nitrogens with one attached hydrogen (secondary N) is 1. The van der Waals surface area contributed by atoms with Gasteiger partial charge in [0.1, 0.15) is 5.69 Å². The van der Waals surface area contributed by atoms with Crippen LogP contribution in [0.3, 0.4) is 0 Å². The van der Waals surface area contributed by atoms with Gasteiger partial charge in [0.15, 0.2) is 0 Å². The number of halogens is 1. The lowest BCUT2D eigenvalue weighted by Gasteiger charge is -2.01. The normalized spacial score (nSPS) is 10.5. The van der Waals surface area contributed by atoms with Crippen molar-refractivity contribution in [2.75, 3.05) is 12.4 Å². The van der Waals surface area contributed by atoms with Gasteiger partial charge in [0.2, 0.25) is 0 Å². The Bertz CT molecular complexity index is 701. The molecule has 0 bridgehead atoms. The minimum atomic E-state index is 0.867. The van der Waals surface area contributed by atoms with E-state index in [2.05, 4.69) is 50.4 Å². The van der Waals surface area contributed by atoms with Gasteiger partial charge in [0.05, 0.1) is 11.9 Å². The van der Waals surface area contributed by atoms with Gasteiger partial charge in [-0.15, -0.1) is 5.10 Å². The maximum Gasteiger partial charge on any atom is 0.113 e. The summed E-state index contributed by atoms with van der Waals surface area (Å²) in [6.45, 7) is 0. The molecule has 0 aliphatic rings. The summed E-state index contributed by atoms with van der Waals surface area (Å²) in [7, 11) is 1.90. The van der Waals surface area contributed by atoms with Crippen LogP contribution in [-0.4, -0.2) is 22.0 Å². The molecule has 4 nitrogen and oxygen atoms in total. The molecule has 100 valence electrons. The van der Waals surface area contributed by atoms with Gasteiger partial charge in [-0.25, -0.2) is 4.68 Å². The van der Waals surface area contributed by atoms with Gasteiger partial charge in [-0.05, 0) is 59.0 Å². The van der Waals surface area contributed by atoms with E-state index < -0.39 is 0 Å². The second kappa shape index (κ2) is 5.62. The van der Waals surface area contributed by atoms with E-state index in [1.165, 1.54) is 3.57 Å². The highest BCUT2D eigenvalue weighted by molar-refractivity contribution is 14.1. The molecule has 1 heterocycles. The van der Waals surface area contributed by atoms with Crippen LogP contribution in [-0.2, 0) is 0 Å². The first kappa shape index (κ1) is 13.1. The summed E-state index contributed by atoms with van der Waals surface area (Å²) in [6, 6.07) is 16.3. The lowest BCUT2D eigenvalue weighted by Crippen LogP contribution is -1.94. The van der Waals surface area contributed by atoms with Crippen molar-refractivity contribution >= 4 is 28.3 Å². The molecule has 3 rings (SSSR count). The molecular weight excluding hydrogens is 363 g/mol. The Morgan fingerprint density at radius 2 is 1.70 bits per heavy atom. The van der Waals surface area contributed by atoms with Crippen molar-refractivity contribution in [1.29, 1.82) is 0 Å². The number of hydrogen-bond acceptors (Lipinski definition) is 3. The average Bonchev–Trinajstić information content (AvgIpc) is 2.98. The first-order valence-corrected chi connectivity index (χ1v) is 7.30. The van der Waals surface area contributed by atoms with E-state index >= 15 is 0 Å². The van der Waals surface area contributed by atoms with Crippen molar-refractivity contribution in [2.24, 2.45) is 0 Å². The van der Waals surface area contributed by atoms with Gasteiger partial charge in [-0.2, -0.15) is 0 Å². The summed E-state index contributed by atoms with van der Waals surface area (Å²) in [5.74, 6) is 0. The maximum absolute atomic E-state index is 4.23. The summed E-state index contributed by atoms with van der Waals surface area (Å²) in [5, 5.41) is 11.5. The van der Waals surface area contributed by atoms with Crippen LogP contribution in [0.15, 0.2) is 54.7 Å². The SMILES string of the molecule is CNc1ccc(-c2cn(-c3ccc(I)cc3)nn2)cc1. The third-order valence-electron chi connectivity index (χ3n) is 3.05. The van der Waals surface area contributed by atoms with E-state index in [1.807, 2.05) is 49.6 Å². The number of benzene rings is 2. The summed E-state index contributed by atoms with van der Waals surface area (Å²) < 4.78 is 2.99. The van der Waals surface area contributed by atoms with Crippen molar-refractivity contribution in [1.82, 2.24) is 15.0 Å². The standard InChI is InChI=1S/C15H13IN4/c1-17-13-6-2-11(3-7-13)15-10-20(19-18-15)14-8-4-12(16)5-9-14/h2-10,17H,1H3. The second-order valence-electron chi connectivity index (χ2n) is 4.35. The van der Waals surface area contributed by atoms with Crippen molar-refractivity contribution in [3.05, 3.63) is 58.3 Å². The van der Waals surface area contributed by atoms with Gasteiger partial charge in [0.25, 0.3) is 0 Å². The Morgan fingerprint density at radius 1 is 1.00 bits per heavy atom. The number of hydrogen-bond donors (Lipinski definition) is 1. The van der Waals surface area contributed by atoms with Crippen molar-refractivity contribution in [3.8, 4) is 16.9 Å². The highest BCUT2D eigenvalue weighted by atomic mass is 127. The lowest BCUT2D eigenvalue weighted by atomic mass is 10.1. The molecule has 0 radical (unpaired) electrons. The van der Waals surface area contributed by atoms with Crippen LogP contribution in [0.4, 0.5) is 5.69 Å². The zero-order valence-electron chi connectivity index (χ0n) is 10.9. The van der Waals surface area contributed by atoms with Crippen molar-refractivity contribution in [3.63, 3.8) is 0 Å². The molecule has 3 aromatic rings. The van der Waals surface area contributed by atoms with Crippen molar-refractivity contribution < 1.29 is 0 Å².